The maximum atomic E-state index is 5.50. The van der Waals surface area contributed by atoms with Gasteiger partial charge in [0.15, 0.2) is 0 Å². The standard InChI is InChI=1S/C7H11N3O2/c1-7(3-2-4-11-7)5-9-6(8)12-10-5/h2-4H2,1H3,(H2,8,9,10). The molecule has 0 amide bonds. The lowest BCUT2D eigenvalue weighted by Gasteiger charge is -2.17. The van der Waals surface area contributed by atoms with E-state index in [1.54, 1.807) is 0 Å². The highest BCUT2D eigenvalue weighted by atomic mass is 16.5. The quantitative estimate of drug-likeness (QED) is 0.669. The van der Waals surface area contributed by atoms with Crippen molar-refractivity contribution in [3.05, 3.63) is 5.82 Å². The summed E-state index contributed by atoms with van der Waals surface area (Å²) in [5.74, 6) is 0.553. The Morgan fingerprint density at radius 3 is 2.92 bits per heavy atom. The second-order valence-electron chi connectivity index (χ2n) is 3.14. The molecule has 12 heavy (non-hydrogen) atoms. The normalized spacial score (nSPS) is 29.4. The van der Waals surface area contributed by atoms with Gasteiger partial charge in [0.2, 0.25) is 5.82 Å². The molecule has 1 aromatic heterocycles. The Kier molecular flexibility index (Phi) is 1.54. The first-order valence-electron chi connectivity index (χ1n) is 3.94. The molecule has 2 heterocycles. The van der Waals surface area contributed by atoms with Crippen LogP contribution in [0.1, 0.15) is 25.6 Å². The number of hydrogen-bond donors (Lipinski definition) is 1. The first-order chi connectivity index (χ1) is 5.71. The van der Waals surface area contributed by atoms with Crippen molar-refractivity contribution < 1.29 is 9.26 Å². The zero-order valence-corrected chi connectivity index (χ0v) is 6.91. The number of nitrogen functional groups attached to an aromatic ring is 1. The summed E-state index contributed by atoms with van der Waals surface area (Å²) in [4.78, 5) is 3.94. The van der Waals surface area contributed by atoms with Crippen LogP contribution in [0.3, 0.4) is 0 Å². The smallest absolute Gasteiger partial charge is 0.318 e. The van der Waals surface area contributed by atoms with Gasteiger partial charge in [-0.05, 0) is 19.8 Å². The fourth-order valence-corrected chi connectivity index (χ4v) is 1.41. The number of nitrogens with zero attached hydrogens (tertiary/aromatic N) is 2. The van der Waals surface area contributed by atoms with Gasteiger partial charge < -0.3 is 15.0 Å². The Labute approximate surface area is 69.9 Å². The third kappa shape index (κ3) is 1.06. The number of nitrogens with two attached hydrogens (primary N) is 1. The number of anilines is 1. The molecule has 1 fully saturated rings. The van der Waals surface area contributed by atoms with E-state index < -0.39 is 0 Å². The number of rotatable bonds is 1. The predicted molar refractivity (Wildman–Crippen MR) is 41.2 cm³/mol. The largest absolute Gasteiger partial charge is 0.367 e. The molecule has 5 nitrogen and oxygen atoms in total. The summed E-state index contributed by atoms with van der Waals surface area (Å²) in [6.07, 6.45) is 1.96. The van der Waals surface area contributed by atoms with Gasteiger partial charge >= 0.3 is 6.01 Å². The fourth-order valence-electron chi connectivity index (χ4n) is 1.41. The summed E-state index contributed by atoms with van der Waals surface area (Å²) >= 11 is 0. The minimum absolute atomic E-state index is 0.0988. The summed E-state index contributed by atoms with van der Waals surface area (Å²) < 4.78 is 10.2. The second-order valence-corrected chi connectivity index (χ2v) is 3.14. The van der Waals surface area contributed by atoms with Crippen LogP contribution >= 0.6 is 0 Å². The highest BCUT2D eigenvalue weighted by Gasteiger charge is 2.36. The zero-order chi connectivity index (χ0) is 8.60. The van der Waals surface area contributed by atoms with Crippen molar-refractivity contribution >= 4 is 6.01 Å². The molecule has 1 unspecified atom stereocenters. The number of aromatic nitrogens is 2. The molecule has 66 valence electrons. The van der Waals surface area contributed by atoms with E-state index >= 15 is 0 Å². The molecule has 2 rings (SSSR count). The average molecular weight is 169 g/mol. The lowest BCUT2D eigenvalue weighted by Crippen LogP contribution is -2.21. The molecule has 0 bridgehead atoms. The maximum absolute atomic E-state index is 5.50. The third-order valence-electron chi connectivity index (χ3n) is 2.13. The van der Waals surface area contributed by atoms with E-state index in [1.807, 2.05) is 6.92 Å². The van der Waals surface area contributed by atoms with Crippen molar-refractivity contribution in [1.29, 1.82) is 0 Å². The number of hydrogen-bond acceptors (Lipinski definition) is 5. The first kappa shape index (κ1) is 7.54. The molecule has 0 aromatic carbocycles. The van der Waals surface area contributed by atoms with Gasteiger partial charge in [-0.25, -0.2) is 0 Å². The van der Waals surface area contributed by atoms with Crippen molar-refractivity contribution in [2.24, 2.45) is 0 Å². The van der Waals surface area contributed by atoms with E-state index in [0.29, 0.717) is 5.82 Å². The van der Waals surface area contributed by atoms with Crippen molar-refractivity contribution in [3.63, 3.8) is 0 Å². The molecule has 0 radical (unpaired) electrons. The molecule has 0 aliphatic carbocycles. The van der Waals surface area contributed by atoms with Crippen molar-refractivity contribution in [2.45, 2.75) is 25.4 Å². The van der Waals surface area contributed by atoms with Gasteiger partial charge in [0.05, 0.1) is 0 Å². The van der Waals surface area contributed by atoms with Crippen LogP contribution < -0.4 is 5.73 Å². The lowest BCUT2D eigenvalue weighted by molar-refractivity contribution is 0.00768. The van der Waals surface area contributed by atoms with Crippen molar-refractivity contribution in [2.75, 3.05) is 12.3 Å². The van der Waals surface area contributed by atoms with Crippen molar-refractivity contribution in [1.82, 2.24) is 10.1 Å². The van der Waals surface area contributed by atoms with E-state index in [4.69, 9.17) is 10.5 Å². The molecule has 2 N–H and O–H groups in total. The molecule has 0 saturated carbocycles. The van der Waals surface area contributed by atoms with Crippen LogP contribution in [-0.4, -0.2) is 16.7 Å². The summed E-state index contributed by atoms with van der Waals surface area (Å²) in [5, 5.41) is 3.73. The highest BCUT2D eigenvalue weighted by molar-refractivity contribution is 5.12. The molecule has 1 atom stereocenters. The topological polar surface area (TPSA) is 74.2 Å². The van der Waals surface area contributed by atoms with Gasteiger partial charge in [-0.1, -0.05) is 5.16 Å². The molecule has 1 saturated heterocycles. The van der Waals surface area contributed by atoms with E-state index in [1.165, 1.54) is 0 Å². The summed E-state index contributed by atoms with van der Waals surface area (Å²) in [6, 6.07) is 0.0988. The Hall–Kier alpha value is -1.10. The predicted octanol–water partition coefficient (Wildman–Crippen LogP) is 0.677. The monoisotopic (exact) mass is 169 g/mol. The van der Waals surface area contributed by atoms with E-state index in [2.05, 4.69) is 14.7 Å². The van der Waals surface area contributed by atoms with Gasteiger partial charge in [0.25, 0.3) is 0 Å². The van der Waals surface area contributed by atoms with Crippen LogP contribution in [0, 0.1) is 0 Å². The average Bonchev–Trinajstić information content (AvgIpc) is 2.59. The third-order valence-corrected chi connectivity index (χ3v) is 2.13. The van der Waals surface area contributed by atoms with Crippen LogP contribution in [0.5, 0.6) is 0 Å². The van der Waals surface area contributed by atoms with Gasteiger partial charge in [0.1, 0.15) is 5.60 Å². The summed E-state index contributed by atoms with van der Waals surface area (Å²) in [5.41, 5.74) is 4.92. The van der Waals surface area contributed by atoms with Crippen LogP contribution in [-0.2, 0) is 10.3 Å². The van der Waals surface area contributed by atoms with Gasteiger partial charge in [-0.2, -0.15) is 4.98 Å². The highest BCUT2D eigenvalue weighted by Crippen LogP contribution is 2.33. The molecular formula is C7H11N3O2. The van der Waals surface area contributed by atoms with Crippen LogP contribution in [0.25, 0.3) is 0 Å². The molecule has 1 aliphatic rings. The van der Waals surface area contributed by atoms with Crippen molar-refractivity contribution in [3.8, 4) is 0 Å². The van der Waals surface area contributed by atoms with Gasteiger partial charge in [-0.3, -0.25) is 0 Å². The SMILES string of the molecule is CC1(c2noc(N)n2)CCCO1. The Bertz CT molecular complexity index is 278. The molecule has 1 aromatic rings. The summed E-state index contributed by atoms with van der Waals surface area (Å²) in [7, 11) is 0. The van der Waals surface area contributed by atoms with E-state index in [0.717, 1.165) is 19.4 Å². The minimum Gasteiger partial charge on any atom is -0.367 e. The Morgan fingerprint density at radius 1 is 1.58 bits per heavy atom. The fraction of sp³-hybridized carbons (Fsp3) is 0.714. The molecular weight excluding hydrogens is 158 g/mol. The van der Waals surface area contributed by atoms with Crippen LogP contribution in [0.4, 0.5) is 6.01 Å². The molecule has 0 spiro atoms. The maximum Gasteiger partial charge on any atom is 0.318 e. The lowest BCUT2D eigenvalue weighted by atomic mass is 10.0. The first-order valence-corrected chi connectivity index (χ1v) is 3.94. The van der Waals surface area contributed by atoms with Crippen LogP contribution in [0.2, 0.25) is 0 Å². The Balaban J connectivity index is 2.28. The zero-order valence-electron chi connectivity index (χ0n) is 6.91. The summed E-state index contributed by atoms with van der Waals surface area (Å²) in [6.45, 7) is 2.70. The molecule has 1 aliphatic heterocycles. The number of ether oxygens (including phenoxy) is 1. The Morgan fingerprint density at radius 2 is 2.42 bits per heavy atom. The van der Waals surface area contributed by atoms with E-state index in [9.17, 15) is 0 Å². The minimum atomic E-state index is -0.388. The van der Waals surface area contributed by atoms with Crippen LogP contribution in [0.15, 0.2) is 4.52 Å². The second kappa shape index (κ2) is 2.45. The molecule has 5 heteroatoms. The van der Waals surface area contributed by atoms with Gasteiger partial charge in [0, 0.05) is 6.61 Å². The van der Waals surface area contributed by atoms with E-state index in [-0.39, 0.29) is 11.6 Å². The van der Waals surface area contributed by atoms with Gasteiger partial charge in [-0.15, -0.1) is 0 Å².